The second-order valence-corrected chi connectivity index (χ2v) is 12.1. The summed E-state index contributed by atoms with van der Waals surface area (Å²) in [5, 5.41) is 22.8. The number of aliphatic hydroxyl groups is 2. The zero-order valence-electron chi connectivity index (χ0n) is 20.1. The van der Waals surface area contributed by atoms with Crippen LogP contribution in [0.15, 0.2) is 0 Å². The van der Waals surface area contributed by atoms with Gasteiger partial charge in [-0.05, 0) is 98.2 Å². The maximum absolute atomic E-state index is 12.2. The summed E-state index contributed by atoms with van der Waals surface area (Å²) in [6.07, 6.45) is 17.8. The number of methoxy groups -OCH3 is 1. The first-order valence-corrected chi connectivity index (χ1v) is 14.0. The van der Waals surface area contributed by atoms with Crippen molar-refractivity contribution in [1.82, 2.24) is 0 Å². The monoisotopic (exact) mass is 432 g/mol. The predicted octanol–water partition coefficient (Wildman–Crippen LogP) is 5.82. The summed E-state index contributed by atoms with van der Waals surface area (Å²) in [7, 11) is 1.96. The predicted molar refractivity (Wildman–Crippen MR) is 125 cm³/mol. The van der Waals surface area contributed by atoms with Gasteiger partial charge in [0.15, 0.2) is 0 Å². The van der Waals surface area contributed by atoms with E-state index in [4.69, 9.17) is 4.74 Å². The van der Waals surface area contributed by atoms with Gasteiger partial charge in [-0.2, -0.15) is 0 Å². The molecule has 2 N–H and O–H groups in total. The largest absolute Gasteiger partial charge is 0.393 e. The molecule has 0 bridgehead atoms. The Bertz CT molecular complexity index is 569. The molecule has 5 aliphatic rings. The van der Waals surface area contributed by atoms with Crippen molar-refractivity contribution in [2.75, 3.05) is 7.11 Å². The van der Waals surface area contributed by atoms with Crippen molar-refractivity contribution in [2.45, 2.75) is 115 Å². The Hall–Kier alpha value is -0.120. The zero-order valence-corrected chi connectivity index (χ0v) is 20.1. The Morgan fingerprint density at radius 3 is 1.87 bits per heavy atom. The SMILES string of the molecule is CCC(C(O)C1C2CCCCC2C(OC)C2CCCCC21)C1CCCCC(O)C2CC21. The van der Waals surface area contributed by atoms with Crippen LogP contribution in [0.25, 0.3) is 0 Å². The molecule has 0 aliphatic heterocycles. The quantitative estimate of drug-likeness (QED) is 0.576. The van der Waals surface area contributed by atoms with Crippen LogP contribution >= 0.6 is 0 Å². The van der Waals surface area contributed by atoms with Crippen molar-refractivity contribution in [3.63, 3.8) is 0 Å². The lowest BCUT2D eigenvalue weighted by Gasteiger charge is -2.57. The topological polar surface area (TPSA) is 49.7 Å². The van der Waals surface area contributed by atoms with Crippen LogP contribution in [0.2, 0.25) is 0 Å². The fraction of sp³-hybridized carbons (Fsp3) is 1.00. The third-order valence-electron chi connectivity index (χ3n) is 10.9. The van der Waals surface area contributed by atoms with E-state index in [1.54, 1.807) is 0 Å². The van der Waals surface area contributed by atoms with Gasteiger partial charge in [0.2, 0.25) is 0 Å². The second-order valence-electron chi connectivity index (χ2n) is 12.1. The first kappa shape index (κ1) is 22.7. The Kier molecular flexibility index (Phi) is 7.04. The van der Waals surface area contributed by atoms with Gasteiger partial charge in [0.25, 0.3) is 0 Å². The van der Waals surface area contributed by atoms with Crippen molar-refractivity contribution in [3.8, 4) is 0 Å². The molecule has 10 unspecified atom stereocenters. The van der Waals surface area contributed by atoms with E-state index in [9.17, 15) is 10.2 Å². The number of hydrogen-bond acceptors (Lipinski definition) is 3. The highest BCUT2D eigenvalue weighted by atomic mass is 16.5. The first-order chi connectivity index (χ1) is 15.2. The number of aliphatic hydroxyl groups excluding tert-OH is 2. The molecule has 0 saturated heterocycles. The van der Waals surface area contributed by atoms with E-state index < -0.39 is 0 Å². The summed E-state index contributed by atoms with van der Waals surface area (Å²) in [6.45, 7) is 2.33. The van der Waals surface area contributed by atoms with Crippen LogP contribution in [0, 0.1) is 53.3 Å². The fourth-order valence-corrected chi connectivity index (χ4v) is 9.59. The zero-order chi connectivity index (χ0) is 21.5. The number of rotatable bonds is 5. The third kappa shape index (κ3) is 4.14. The highest BCUT2D eigenvalue weighted by Gasteiger charge is 2.56. The van der Waals surface area contributed by atoms with E-state index in [0.29, 0.717) is 59.4 Å². The minimum atomic E-state index is -0.151. The molecule has 0 heterocycles. The molecule has 5 saturated carbocycles. The van der Waals surface area contributed by atoms with Crippen LogP contribution in [0.1, 0.15) is 96.8 Å². The lowest BCUT2D eigenvalue weighted by molar-refractivity contribution is -0.164. The van der Waals surface area contributed by atoms with Crippen LogP contribution in [0.3, 0.4) is 0 Å². The van der Waals surface area contributed by atoms with Crippen LogP contribution in [-0.4, -0.2) is 35.6 Å². The molecule has 0 amide bonds. The molecule has 0 aromatic carbocycles. The molecule has 5 fully saturated rings. The molecule has 3 heteroatoms. The number of fused-ring (bicyclic) bond motifs is 3. The van der Waals surface area contributed by atoms with Crippen LogP contribution in [0.5, 0.6) is 0 Å². The standard InChI is InChI=1S/C28H48O3/c1-3-17(18-10-8-9-15-25(29)24-16-23(18)24)27(30)26-19-11-4-6-13-21(19)28(31-2)22-14-7-5-12-20(22)26/h17-30H,3-16H2,1-2H3. The fourth-order valence-electron chi connectivity index (χ4n) is 9.59. The van der Waals surface area contributed by atoms with Gasteiger partial charge in [0.1, 0.15) is 0 Å². The van der Waals surface area contributed by atoms with E-state index in [1.807, 2.05) is 7.11 Å². The molecule has 10 atom stereocenters. The molecule has 0 spiro atoms. The van der Waals surface area contributed by atoms with Crippen molar-refractivity contribution < 1.29 is 14.9 Å². The summed E-state index contributed by atoms with van der Waals surface area (Å²) >= 11 is 0. The molecule has 5 rings (SSSR count). The Balaban J connectivity index is 1.41. The van der Waals surface area contributed by atoms with Gasteiger partial charge in [-0.25, -0.2) is 0 Å². The van der Waals surface area contributed by atoms with E-state index in [0.717, 1.165) is 12.8 Å². The van der Waals surface area contributed by atoms with Gasteiger partial charge >= 0.3 is 0 Å². The minimum absolute atomic E-state index is 0.0787. The lowest BCUT2D eigenvalue weighted by Crippen LogP contribution is -2.56. The summed E-state index contributed by atoms with van der Waals surface area (Å²) in [6, 6.07) is 0. The van der Waals surface area contributed by atoms with Gasteiger partial charge in [0.05, 0.1) is 18.3 Å². The molecule has 5 aliphatic carbocycles. The van der Waals surface area contributed by atoms with E-state index in [2.05, 4.69) is 6.92 Å². The van der Waals surface area contributed by atoms with E-state index >= 15 is 0 Å². The molecule has 31 heavy (non-hydrogen) atoms. The number of ether oxygens (including phenoxy) is 1. The van der Waals surface area contributed by atoms with Crippen molar-refractivity contribution in [1.29, 1.82) is 0 Å². The van der Waals surface area contributed by atoms with Crippen molar-refractivity contribution >= 4 is 0 Å². The molecule has 0 aromatic rings. The summed E-state index contributed by atoms with van der Waals surface area (Å²) in [5.74, 6) is 5.41. The van der Waals surface area contributed by atoms with E-state index in [1.165, 1.54) is 77.0 Å². The average Bonchev–Trinajstić information content (AvgIpc) is 3.58. The molecular weight excluding hydrogens is 384 g/mol. The number of hydrogen-bond donors (Lipinski definition) is 2. The van der Waals surface area contributed by atoms with Gasteiger partial charge in [-0.1, -0.05) is 51.9 Å². The summed E-state index contributed by atoms with van der Waals surface area (Å²) in [5.41, 5.74) is 0. The lowest BCUT2D eigenvalue weighted by atomic mass is 9.51. The van der Waals surface area contributed by atoms with Crippen LogP contribution in [0.4, 0.5) is 0 Å². The van der Waals surface area contributed by atoms with E-state index in [-0.39, 0.29) is 12.2 Å². The average molecular weight is 433 g/mol. The maximum Gasteiger partial charge on any atom is 0.0633 e. The van der Waals surface area contributed by atoms with Crippen LogP contribution < -0.4 is 0 Å². The maximum atomic E-state index is 12.2. The summed E-state index contributed by atoms with van der Waals surface area (Å²) in [4.78, 5) is 0. The third-order valence-corrected chi connectivity index (χ3v) is 10.9. The van der Waals surface area contributed by atoms with Gasteiger partial charge in [-0.15, -0.1) is 0 Å². The highest BCUT2D eigenvalue weighted by molar-refractivity contribution is 5.05. The Labute approximate surface area is 190 Å². The van der Waals surface area contributed by atoms with Crippen LogP contribution in [-0.2, 0) is 4.74 Å². The Morgan fingerprint density at radius 2 is 1.29 bits per heavy atom. The second kappa shape index (κ2) is 9.63. The summed E-state index contributed by atoms with van der Waals surface area (Å²) < 4.78 is 6.22. The molecule has 3 nitrogen and oxygen atoms in total. The van der Waals surface area contributed by atoms with Crippen molar-refractivity contribution in [2.24, 2.45) is 53.3 Å². The molecular formula is C28H48O3. The smallest absolute Gasteiger partial charge is 0.0633 e. The Morgan fingerprint density at radius 1 is 0.742 bits per heavy atom. The molecule has 178 valence electrons. The normalized spacial score (nSPS) is 49.5. The minimum Gasteiger partial charge on any atom is -0.393 e. The van der Waals surface area contributed by atoms with Gasteiger partial charge < -0.3 is 14.9 Å². The molecule has 0 radical (unpaired) electrons. The van der Waals surface area contributed by atoms with Gasteiger partial charge in [-0.3, -0.25) is 0 Å². The molecule has 0 aromatic heterocycles. The highest BCUT2D eigenvalue weighted by Crippen LogP contribution is 2.59. The van der Waals surface area contributed by atoms with Gasteiger partial charge in [0, 0.05) is 7.11 Å². The van der Waals surface area contributed by atoms with Crippen molar-refractivity contribution in [3.05, 3.63) is 0 Å². The first-order valence-electron chi connectivity index (χ1n) is 14.0.